The van der Waals surface area contributed by atoms with Gasteiger partial charge in [0.15, 0.2) is 0 Å². The van der Waals surface area contributed by atoms with E-state index in [1.807, 2.05) is 42.5 Å². The van der Waals surface area contributed by atoms with E-state index in [2.05, 4.69) is 0 Å². The highest BCUT2D eigenvalue weighted by Crippen LogP contribution is 2.22. The van der Waals surface area contributed by atoms with E-state index < -0.39 is 6.10 Å². The first-order valence-corrected chi connectivity index (χ1v) is 6.75. The smallest absolute Gasteiger partial charge is 0.337 e. The lowest BCUT2D eigenvalue weighted by Gasteiger charge is -2.10. The zero-order valence-corrected chi connectivity index (χ0v) is 12.1. The monoisotopic (exact) mass is 282 g/mol. The molecule has 1 atom stereocenters. The number of benzene rings is 2. The molecule has 0 spiro atoms. The van der Waals surface area contributed by atoms with E-state index in [-0.39, 0.29) is 5.97 Å². The second-order valence-corrected chi connectivity index (χ2v) is 4.76. The van der Waals surface area contributed by atoms with Crippen LogP contribution in [0.15, 0.2) is 48.5 Å². The van der Waals surface area contributed by atoms with Crippen LogP contribution < -0.4 is 0 Å². The predicted molar refractivity (Wildman–Crippen MR) is 83.8 cm³/mol. The number of esters is 1. The normalized spacial score (nSPS) is 12.3. The summed E-state index contributed by atoms with van der Waals surface area (Å²) in [6.07, 6.45) is 3.23. The SMILES string of the molecule is COC(=O)c1ccc(C(C)O)c(/C=C/c2ccccc2)c1. The van der Waals surface area contributed by atoms with Gasteiger partial charge in [-0.25, -0.2) is 4.79 Å². The van der Waals surface area contributed by atoms with Gasteiger partial charge in [-0.2, -0.15) is 0 Å². The second kappa shape index (κ2) is 6.86. The van der Waals surface area contributed by atoms with Gasteiger partial charge in [0.05, 0.1) is 18.8 Å². The van der Waals surface area contributed by atoms with Gasteiger partial charge in [-0.1, -0.05) is 48.6 Å². The average molecular weight is 282 g/mol. The molecule has 1 N–H and O–H groups in total. The molecule has 0 amide bonds. The molecule has 0 aliphatic carbocycles. The van der Waals surface area contributed by atoms with Crippen molar-refractivity contribution in [2.45, 2.75) is 13.0 Å². The van der Waals surface area contributed by atoms with Crippen LogP contribution in [0.1, 0.15) is 40.1 Å². The highest BCUT2D eigenvalue weighted by molar-refractivity contribution is 5.90. The van der Waals surface area contributed by atoms with Crippen molar-refractivity contribution in [3.63, 3.8) is 0 Å². The first-order valence-electron chi connectivity index (χ1n) is 6.75. The van der Waals surface area contributed by atoms with E-state index in [1.165, 1.54) is 7.11 Å². The molecule has 108 valence electrons. The molecule has 0 aromatic heterocycles. The molecule has 0 aliphatic heterocycles. The molecule has 0 radical (unpaired) electrons. The minimum Gasteiger partial charge on any atom is -0.465 e. The van der Waals surface area contributed by atoms with Crippen molar-refractivity contribution in [3.8, 4) is 0 Å². The maximum absolute atomic E-state index is 11.6. The van der Waals surface area contributed by atoms with Crippen LogP contribution in [0.4, 0.5) is 0 Å². The van der Waals surface area contributed by atoms with E-state index in [0.717, 1.165) is 16.7 Å². The second-order valence-electron chi connectivity index (χ2n) is 4.76. The fraction of sp³-hybridized carbons (Fsp3) is 0.167. The van der Waals surface area contributed by atoms with Gasteiger partial charge in [-0.15, -0.1) is 0 Å². The number of methoxy groups -OCH3 is 1. The summed E-state index contributed by atoms with van der Waals surface area (Å²) in [5.74, 6) is -0.387. The summed E-state index contributed by atoms with van der Waals surface area (Å²) in [4.78, 5) is 11.6. The number of hydrogen-bond donors (Lipinski definition) is 1. The van der Waals surface area contributed by atoms with Crippen LogP contribution >= 0.6 is 0 Å². The van der Waals surface area contributed by atoms with Gasteiger partial charge in [0.1, 0.15) is 0 Å². The summed E-state index contributed by atoms with van der Waals surface area (Å²) in [6, 6.07) is 15.0. The van der Waals surface area contributed by atoms with E-state index in [9.17, 15) is 9.90 Å². The van der Waals surface area contributed by atoms with Gasteiger partial charge in [0, 0.05) is 0 Å². The fourth-order valence-corrected chi connectivity index (χ4v) is 2.09. The van der Waals surface area contributed by atoms with Crippen LogP contribution in [0.3, 0.4) is 0 Å². The van der Waals surface area contributed by atoms with Crippen molar-refractivity contribution in [2.24, 2.45) is 0 Å². The lowest BCUT2D eigenvalue weighted by Crippen LogP contribution is -2.03. The van der Waals surface area contributed by atoms with Gasteiger partial charge in [-0.3, -0.25) is 0 Å². The standard InChI is InChI=1S/C18H18O3/c1-13(19)17-11-10-16(18(20)21-2)12-15(17)9-8-14-6-4-3-5-7-14/h3-13,19H,1-2H3/b9-8+. The third kappa shape index (κ3) is 3.80. The lowest BCUT2D eigenvalue weighted by atomic mass is 9.99. The Balaban J connectivity index is 2.39. The number of hydrogen-bond acceptors (Lipinski definition) is 3. The predicted octanol–water partition coefficient (Wildman–Crippen LogP) is 3.70. The molecule has 0 bridgehead atoms. The number of aliphatic hydroxyl groups excluding tert-OH is 1. The van der Waals surface area contributed by atoms with Crippen LogP contribution in [0.25, 0.3) is 12.2 Å². The molecule has 0 saturated carbocycles. The Hall–Kier alpha value is -2.39. The zero-order chi connectivity index (χ0) is 15.2. The molecule has 0 fully saturated rings. The van der Waals surface area contributed by atoms with Crippen LogP contribution in [0.5, 0.6) is 0 Å². The molecular formula is C18H18O3. The summed E-state index contributed by atoms with van der Waals surface area (Å²) >= 11 is 0. The quantitative estimate of drug-likeness (QED) is 0.687. The Kier molecular flexibility index (Phi) is 4.90. The molecule has 21 heavy (non-hydrogen) atoms. The molecule has 2 aromatic carbocycles. The molecule has 0 aliphatic rings. The molecule has 0 saturated heterocycles. The first-order chi connectivity index (χ1) is 10.1. The van der Waals surface area contributed by atoms with Gasteiger partial charge in [0.25, 0.3) is 0 Å². The molecule has 2 aromatic rings. The average Bonchev–Trinajstić information content (AvgIpc) is 2.52. The molecule has 2 rings (SSSR count). The summed E-state index contributed by atoms with van der Waals surface area (Å²) in [7, 11) is 1.35. The largest absolute Gasteiger partial charge is 0.465 e. The Morgan fingerprint density at radius 1 is 1.14 bits per heavy atom. The van der Waals surface area contributed by atoms with Gasteiger partial charge >= 0.3 is 5.97 Å². The Labute approximate surface area is 124 Å². The Morgan fingerprint density at radius 2 is 1.86 bits per heavy atom. The van der Waals surface area contributed by atoms with E-state index in [0.29, 0.717) is 5.56 Å². The molecular weight excluding hydrogens is 264 g/mol. The Morgan fingerprint density at radius 3 is 2.48 bits per heavy atom. The summed E-state index contributed by atoms with van der Waals surface area (Å²) < 4.78 is 4.73. The molecule has 0 heterocycles. The van der Waals surface area contributed by atoms with Gasteiger partial charge < -0.3 is 9.84 Å². The van der Waals surface area contributed by atoms with Crippen LogP contribution in [0, 0.1) is 0 Å². The number of carbonyl (C=O) groups is 1. The lowest BCUT2D eigenvalue weighted by molar-refractivity contribution is 0.0600. The van der Waals surface area contributed by atoms with Gasteiger partial charge in [0.2, 0.25) is 0 Å². The highest BCUT2D eigenvalue weighted by Gasteiger charge is 2.11. The van der Waals surface area contributed by atoms with Crippen LogP contribution in [0.2, 0.25) is 0 Å². The van der Waals surface area contributed by atoms with Crippen molar-refractivity contribution in [1.29, 1.82) is 0 Å². The number of aliphatic hydroxyl groups is 1. The van der Waals surface area contributed by atoms with Gasteiger partial charge in [-0.05, 0) is 35.7 Å². The molecule has 3 heteroatoms. The Bertz CT molecular complexity index is 643. The van der Waals surface area contributed by atoms with Crippen molar-refractivity contribution in [1.82, 2.24) is 0 Å². The number of carbonyl (C=O) groups excluding carboxylic acids is 1. The summed E-state index contributed by atoms with van der Waals surface area (Å²) in [5, 5.41) is 9.84. The van der Waals surface area contributed by atoms with E-state index >= 15 is 0 Å². The minimum atomic E-state index is -0.605. The van der Waals surface area contributed by atoms with E-state index in [4.69, 9.17) is 4.74 Å². The number of rotatable bonds is 4. The van der Waals surface area contributed by atoms with Crippen LogP contribution in [-0.4, -0.2) is 18.2 Å². The zero-order valence-electron chi connectivity index (χ0n) is 12.1. The topological polar surface area (TPSA) is 46.5 Å². The van der Waals surface area contributed by atoms with Crippen molar-refractivity contribution >= 4 is 18.1 Å². The molecule has 3 nitrogen and oxygen atoms in total. The van der Waals surface area contributed by atoms with Crippen molar-refractivity contribution < 1.29 is 14.6 Å². The van der Waals surface area contributed by atoms with E-state index in [1.54, 1.807) is 25.1 Å². The highest BCUT2D eigenvalue weighted by atomic mass is 16.5. The summed E-state index contributed by atoms with van der Waals surface area (Å²) in [5.41, 5.74) is 3.10. The molecule has 1 unspecified atom stereocenters. The minimum absolute atomic E-state index is 0.387. The first kappa shape index (κ1) is 15.0. The van der Waals surface area contributed by atoms with Crippen molar-refractivity contribution in [2.75, 3.05) is 7.11 Å². The third-order valence-corrected chi connectivity index (χ3v) is 3.21. The van der Waals surface area contributed by atoms with Crippen molar-refractivity contribution in [3.05, 3.63) is 70.8 Å². The number of ether oxygens (including phenoxy) is 1. The third-order valence-electron chi connectivity index (χ3n) is 3.21. The summed E-state index contributed by atoms with van der Waals surface area (Å²) in [6.45, 7) is 1.70. The van der Waals surface area contributed by atoms with Crippen LogP contribution in [-0.2, 0) is 4.74 Å². The maximum Gasteiger partial charge on any atom is 0.337 e. The fourth-order valence-electron chi connectivity index (χ4n) is 2.09. The maximum atomic E-state index is 11.6.